The summed E-state index contributed by atoms with van der Waals surface area (Å²) in [5.41, 5.74) is 0.706. The van der Waals surface area contributed by atoms with Crippen molar-refractivity contribution in [3.63, 3.8) is 0 Å². The molecule has 0 saturated heterocycles. The van der Waals surface area contributed by atoms with Crippen LogP contribution in [0.25, 0.3) is 0 Å². The molecule has 106 heavy (non-hydrogen) atoms. The summed E-state index contributed by atoms with van der Waals surface area (Å²) in [4.78, 5) is 135. The van der Waals surface area contributed by atoms with Crippen LogP contribution in [0.4, 0.5) is 21.2 Å². The SMILES string of the molecule is O=C(O)CC(NC(=O)C(CCC(=O)NCCOCCOCCOCCNC(=O)NCCCCNC(=O)NCCOCCOCCOCCNC(=O)CCC(NC(=O)CCCCNc1ccccn1)C(=O)NC(CC(=O)O)c1cc(Cl)cc(Cl)c1)NC(=O)CCCCNc1ccccn1)c1cc(Cl)cc(Cl)c1. The van der Waals surface area contributed by atoms with E-state index in [4.69, 9.17) is 74.8 Å². The number of amides is 10. The minimum atomic E-state index is -1.20. The van der Waals surface area contributed by atoms with Gasteiger partial charge in [-0.1, -0.05) is 58.5 Å². The summed E-state index contributed by atoms with van der Waals surface area (Å²) in [5, 5.41) is 53.7. The van der Waals surface area contributed by atoms with E-state index in [0.29, 0.717) is 87.5 Å². The number of hydrogen-bond acceptors (Lipinski definition) is 20. The highest BCUT2D eigenvalue weighted by Gasteiger charge is 2.29. The number of carbonyl (C=O) groups is 10. The smallest absolute Gasteiger partial charge is 0.314 e. The van der Waals surface area contributed by atoms with Gasteiger partial charge in [0.15, 0.2) is 0 Å². The maximum absolute atomic E-state index is 13.6. The molecule has 0 aliphatic carbocycles. The van der Waals surface area contributed by atoms with E-state index >= 15 is 0 Å². The zero-order valence-corrected chi connectivity index (χ0v) is 62.3. The third-order valence-corrected chi connectivity index (χ3v) is 15.9. The molecule has 14 N–H and O–H groups in total. The van der Waals surface area contributed by atoms with Crippen LogP contribution in [0, 0.1) is 0 Å². The van der Waals surface area contributed by atoms with Gasteiger partial charge in [-0.15, -0.1) is 0 Å². The second-order valence-corrected chi connectivity index (χ2v) is 25.4. The van der Waals surface area contributed by atoms with Gasteiger partial charge in [-0.2, -0.15) is 0 Å². The molecule has 4 rings (SSSR count). The average molecular weight is 1570 g/mol. The number of pyridine rings is 2. The fourth-order valence-corrected chi connectivity index (χ4v) is 10.9. The Morgan fingerprint density at radius 1 is 0.358 bits per heavy atom. The molecule has 0 spiro atoms. The lowest BCUT2D eigenvalue weighted by Crippen LogP contribution is -2.48. The van der Waals surface area contributed by atoms with Crippen molar-refractivity contribution in [1.82, 2.24) is 63.1 Å². The van der Waals surface area contributed by atoms with Crippen LogP contribution in [0.5, 0.6) is 0 Å². The zero-order valence-electron chi connectivity index (χ0n) is 59.3. The summed E-state index contributed by atoms with van der Waals surface area (Å²) in [6, 6.07) is 14.7. The maximum Gasteiger partial charge on any atom is 0.314 e. The largest absolute Gasteiger partial charge is 0.481 e. The molecule has 0 aliphatic rings. The quantitative estimate of drug-likeness (QED) is 0.0230. The highest BCUT2D eigenvalue weighted by Crippen LogP contribution is 2.28. The van der Waals surface area contributed by atoms with Gasteiger partial charge in [0.2, 0.25) is 35.4 Å². The minimum absolute atomic E-state index is 0.0809. The number of aromatic nitrogens is 2. The van der Waals surface area contributed by atoms with E-state index in [2.05, 4.69) is 73.8 Å². The molecule has 4 atom stereocenters. The fraction of sp³-hybridized carbons (Fsp3) is 0.543. The predicted octanol–water partition coefficient (Wildman–Crippen LogP) is 5.86. The molecule has 32 nitrogen and oxygen atoms in total. The minimum Gasteiger partial charge on any atom is -0.481 e. The second-order valence-electron chi connectivity index (χ2n) is 23.7. The van der Waals surface area contributed by atoms with Crippen LogP contribution in [0.2, 0.25) is 20.1 Å². The number of nitrogens with one attached hydrogen (secondary N) is 12. The third kappa shape index (κ3) is 44.5. The Bertz CT molecular complexity index is 3020. The van der Waals surface area contributed by atoms with Gasteiger partial charge in [-0.3, -0.25) is 38.4 Å². The molecule has 586 valence electrons. The van der Waals surface area contributed by atoms with E-state index < -0.39 is 84.4 Å². The summed E-state index contributed by atoms with van der Waals surface area (Å²) in [7, 11) is 0. The summed E-state index contributed by atoms with van der Waals surface area (Å²) in [5.74, 6) is -3.98. The molecule has 0 radical (unpaired) electrons. The highest BCUT2D eigenvalue weighted by atomic mass is 35.5. The molecule has 2 heterocycles. The second kappa shape index (κ2) is 55.9. The number of ether oxygens (including phenoxy) is 6. The van der Waals surface area contributed by atoms with Crippen molar-refractivity contribution >= 4 is 117 Å². The first-order valence-corrected chi connectivity index (χ1v) is 36.6. The zero-order chi connectivity index (χ0) is 76.8. The first-order valence-electron chi connectivity index (χ1n) is 35.1. The van der Waals surface area contributed by atoms with Crippen molar-refractivity contribution in [3.05, 3.63) is 116 Å². The molecule has 0 saturated carbocycles. The lowest BCUT2D eigenvalue weighted by Gasteiger charge is -2.23. The van der Waals surface area contributed by atoms with Gasteiger partial charge >= 0.3 is 24.0 Å². The van der Waals surface area contributed by atoms with Crippen LogP contribution in [-0.2, 0) is 66.8 Å². The van der Waals surface area contributed by atoms with E-state index in [1.54, 1.807) is 24.5 Å². The van der Waals surface area contributed by atoms with E-state index in [9.17, 15) is 58.2 Å². The molecule has 4 unspecified atom stereocenters. The number of nitrogens with zero attached hydrogens (tertiary/aromatic N) is 2. The van der Waals surface area contributed by atoms with Crippen molar-refractivity contribution < 1.29 is 86.6 Å². The van der Waals surface area contributed by atoms with Crippen molar-refractivity contribution in [1.29, 1.82) is 0 Å². The Hall–Kier alpha value is -8.44. The Balaban J connectivity index is 0.934. The van der Waals surface area contributed by atoms with Crippen LogP contribution in [-0.4, -0.2) is 223 Å². The summed E-state index contributed by atoms with van der Waals surface area (Å²) in [6.07, 6.45) is 5.63. The van der Waals surface area contributed by atoms with E-state index in [-0.39, 0.29) is 176 Å². The van der Waals surface area contributed by atoms with Crippen LogP contribution in [0.15, 0.2) is 85.2 Å². The van der Waals surface area contributed by atoms with Gasteiger partial charge < -0.3 is 102 Å². The molecule has 2 aromatic carbocycles. The number of carboxylic acids is 2. The summed E-state index contributed by atoms with van der Waals surface area (Å²) in [6.45, 7) is 5.79. The molecular weight excluding hydrogens is 1470 g/mol. The van der Waals surface area contributed by atoms with Crippen LogP contribution < -0.4 is 63.8 Å². The van der Waals surface area contributed by atoms with Gasteiger partial charge in [0.05, 0.1) is 104 Å². The molecule has 4 aromatic rings. The summed E-state index contributed by atoms with van der Waals surface area (Å²) < 4.78 is 33.1. The summed E-state index contributed by atoms with van der Waals surface area (Å²) >= 11 is 24.7. The topological polar surface area (TPSA) is 437 Å². The van der Waals surface area contributed by atoms with Gasteiger partial charge in [-0.25, -0.2) is 19.6 Å². The number of halogens is 4. The molecule has 2 aromatic heterocycles. The number of benzene rings is 2. The number of anilines is 2. The lowest BCUT2D eigenvalue weighted by molar-refractivity contribution is -0.139. The van der Waals surface area contributed by atoms with Crippen LogP contribution >= 0.6 is 46.4 Å². The van der Waals surface area contributed by atoms with E-state index in [0.717, 1.165) is 0 Å². The number of carboxylic acid groups (broad SMARTS) is 2. The monoisotopic (exact) mass is 1560 g/mol. The molecule has 36 heteroatoms. The predicted molar refractivity (Wildman–Crippen MR) is 398 cm³/mol. The van der Waals surface area contributed by atoms with Gasteiger partial charge in [0.1, 0.15) is 23.7 Å². The standard InChI is InChI=1S/C70H100Cl4N14O18/c71-51-41-49(42-52(72)45-51)57(47-65(93)94)87-67(97)55(85-63(91)13-3-7-21-77-59-11-1-5-19-75-59)15-17-61(89)79-25-29-101-33-37-105-39-35-103-31-27-83-69(99)81-23-9-10-24-82-70(100)84-28-32-104-36-40-106-38-34-102-30-26-80-62(90)18-16-56(86-64(92)14-4-8-22-78-60-12-2-6-20-76-60)68(98)88-58(48-66(95)96)50-43-53(73)46-54(74)44-50/h1-2,5-6,11-12,19-20,41-46,55-58H,3-4,7-10,13-18,21-40,47-48H2,(H,75,77)(H,76,78)(H,79,89)(H,80,90)(H,85,91)(H,86,92)(H,87,97)(H,88,98)(H,93,94)(H,95,96)(H2,81,83,99)(H2,82,84,100). The Morgan fingerprint density at radius 3 is 1.01 bits per heavy atom. The average Bonchev–Trinajstić information content (AvgIpc) is 0.849. The molecular formula is C70H100Cl4N14O18. The Labute approximate surface area is 636 Å². The third-order valence-electron chi connectivity index (χ3n) is 15.1. The first-order chi connectivity index (χ1) is 51.2. The molecule has 10 amide bonds. The number of urea groups is 2. The molecule has 0 aliphatic heterocycles. The van der Waals surface area contributed by atoms with Gasteiger partial charge in [-0.05, 0) is 123 Å². The van der Waals surface area contributed by atoms with E-state index in [1.165, 1.54) is 36.4 Å². The normalized spacial score (nSPS) is 12.1. The van der Waals surface area contributed by atoms with Crippen molar-refractivity contribution in [2.75, 3.05) is 142 Å². The van der Waals surface area contributed by atoms with Gasteiger partial charge in [0.25, 0.3) is 0 Å². The van der Waals surface area contributed by atoms with Crippen molar-refractivity contribution in [3.8, 4) is 0 Å². The highest BCUT2D eigenvalue weighted by molar-refractivity contribution is 6.35. The molecule has 0 bridgehead atoms. The number of hydrogen-bond donors (Lipinski definition) is 14. The van der Waals surface area contributed by atoms with Crippen molar-refractivity contribution in [2.24, 2.45) is 0 Å². The number of rotatable bonds is 59. The Kier molecular flexibility index (Phi) is 47.5. The molecule has 0 fully saturated rings. The van der Waals surface area contributed by atoms with Gasteiger partial charge in [0, 0.05) is 111 Å². The van der Waals surface area contributed by atoms with Crippen LogP contribution in [0.3, 0.4) is 0 Å². The number of unbranched alkanes of at least 4 members (excludes halogenated alkanes) is 3. The first kappa shape index (κ1) is 90.0. The van der Waals surface area contributed by atoms with Crippen LogP contribution in [0.1, 0.15) is 113 Å². The Morgan fingerprint density at radius 2 is 0.679 bits per heavy atom. The van der Waals surface area contributed by atoms with Crippen molar-refractivity contribution in [2.45, 2.75) is 114 Å². The maximum atomic E-state index is 13.6. The number of aliphatic carboxylic acids is 2. The number of carbonyl (C=O) groups excluding carboxylic acids is 8. The van der Waals surface area contributed by atoms with E-state index in [1.807, 2.05) is 24.3 Å². The fourth-order valence-electron chi connectivity index (χ4n) is 9.80. The lowest BCUT2D eigenvalue weighted by atomic mass is 10.0.